The lowest BCUT2D eigenvalue weighted by molar-refractivity contribution is -0.274. The van der Waals surface area contributed by atoms with Crippen LogP contribution in [0.4, 0.5) is 86.8 Å². The van der Waals surface area contributed by atoms with Gasteiger partial charge in [-0.2, -0.15) is 39.5 Å². The maximum atomic E-state index is 13.5. The summed E-state index contributed by atoms with van der Waals surface area (Å²) in [5.41, 5.74) is 17.4. The fourth-order valence-corrected chi connectivity index (χ4v) is 14.8. The number of hydrogen-bond donors (Lipinski definition) is 4. The molecule has 0 unspecified atom stereocenters. The van der Waals surface area contributed by atoms with Gasteiger partial charge in [-0.15, -0.1) is 13.2 Å². The number of para-hydroxylation sites is 6. The number of sulfonamides is 1. The Balaban J connectivity index is 0.000000165. The van der Waals surface area contributed by atoms with Crippen LogP contribution in [0.15, 0.2) is 196 Å². The fraction of sp³-hybridized carbons (Fsp3) is 0.351. The van der Waals surface area contributed by atoms with E-state index in [0.29, 0.717) is 34.3 Å². The largest absolute Gasteiger partial charge is 0.573 e. The molecule has 4 N–H and O–H groups in total. The van der Waals surface area contributed by atoms with Gasteiger partial charge in [-0.25, -0.2) is 21.6 Å². The lowest BCUT2D eigenvalue weighted by Crippen LogP contribution is -2.60. The van der Waals surface area contributed by atoms with Crippen molar-refractivity contribution in [2.75, 3.05) is 74.0 Å². The first-order valence-electron chi connectivity index (χ1n) is 34.7. The number of fused-ring (bicyclic) bond motifs is 6. The zero-order chi connectivity index (χ0) is 82.8. The molecule has 3 fully saturated rings. The second-order valence-corrected chi connectivity index (χ2v) is 30.1. The van der Waals surface area contributed by atoms with Crippen molar-refractivity contribution >= 4 is 63.9 Å². The first kappa shape index (κ1) is 86.4. The van der Waals surface area contributed by atoms with E-state index in [2.05, 4.69) is 55.2 Å². The summed E-state index contributed by atoms with van der Waals surface area (Å²) in [5.74, 6) is 1.08. The molecule has 25 nitrogen and oxygen atoms in total. The van der Waals surface area contributed by atoms with Crippen LogP contribution in [0, 0.1) is 6.92 Å². The van der Waals surface area contributed by atoms with E-state index < -0.39 is 126 Å². The lowest BCUT2D eigenvalue weighted by atomic mass is 9.97. The molecule has 8 aromatic rings. The van der Waals surface area contributed by atoms with Gasteiger partial charge in [0.25, 0.3) is 9.05 Å². The van der Waals surface area contributed by atoms with Crippen LogP contribution in [0.5, 0.6) is 40.2 Å². The molecular formula is C74H72ClF12N11O14S2. The first-order chi connectivity index (χ1) is 53.9. The predicted octanol–water partition coefficient (Wildman–Crippen LogP) is 17.0. The summed E-state index contributed by atoms with van der Waals surface area (Å²) in [5, 5.41) is 39.9. The molecule has 0 bridgehead atoms. The Labute approximate surface area is 649 Å². The molecule has 0 amide bonds. The highest BCUT2D eigenvalue weighted by atomic mass is 35.7. The number of aliphatic hydroxyl groups is 3. The lowest BCUT2D eigenvalue weighted by Gasteiger charge is -2.44. The molecule has 0 radical (unpaired) electrons. The number of aliphatic hydroxyl groups excluding tert-OH is 3. The van der Waals surface area contributed by atoms with Gasteiger partial charge in [0.05, 0.1) is 155 Å². The van der Waals surface area contributed by atoms with Crippen molar-refractivity contribution in [1.82, 2.24) is 9.62 Å². The minimum Gasteiger partial charge on any atom is -0.453 e. The minimum absolute atomic E-state index is 0.00932. The minimum atomic E-state index is -4.96. The maximum Gasteiger partial charge on any atom is 0.573 e. The molecule has 14 rings (SSSR count). The van der Waals surface area contributed by atoms with E-state index in [9.17, 15) is 84.8 Å². The number of aryl methyl sites for hydroxylation is 1. The zero-order valence-electron chi connectivity index (χ0n) is 60.3. The van der Waals surface area contributed by atoms with Crippen LogP contribution in [0.3, 0.4) is 0 Å². The molecule has 0 spiro atoms. The van der Waals surface area contributed by atoms with E-state index in [4.69, 9.17) is 50.2 Å². The van der Waals surface area contributed by atoms with Gasteiger partial charge in [-0.1, -0.05) is 85.1 Å². The molecular weight excluding hydrogens is 1590 g/mol. The summed E-state index contributed by atoms with van der Waals surface area (Å²) in [6, 6.07) is 33.6. The van der Waals surface area contributed by atoms with Crippen LogP contribution in [0.2, 0.25) is 0 Å². The van der Waals surface area contributed by atoms with Crippen LogP contribution < -0.4 is 38.4 Å². The smallest absolute Gasteiger partial charge is 0.453 e. The molecule has 3 saturated heterocycles. The number of alkyl halides is 12. The van der Waals surface area contributed by atoms with E-state index in [1.54, 1.807) is 94.7 Å². The molecule has 40 heteroatoms. The Hall–Kier alpha value is -9.99. The van der Waals surface area contributed by atoms with Crippen molar-refractivity contribution < 1.29 is 118 Å². The summed E-state index contributed by atoms with van der Waals surface area (Å²) < 4.78 is 245. The van der Waals surface area contributed by atoms with Gasteiger partial charge in [-0.05, 0) is 165 Å². The van der Waals surface area contributed by atoms with Crippen molar-refractivity contribution in [2.45, 2.75) is 117 Å². The topological polar surface area (TPSA) is 316 Å². The van der Waals surface area contributed by atoms with Gasteiger partial charge in [0, 0.05) is 20.5 Å². The number of benzene rings is 8. The second kappa shape index (κ2) is 36.2. The van der Waals surface area contributed by atoms with Gasteiger partial charge in [0.1, 0.15) is 5.75 Å². The van der Waals surface area contributed by atoms with Gasteiger partial charge >= 0.3 is 24.9 Å². The van der Waals surface area contributed by atoms with Crippen LogP contribution in [0.25, 0.3) is 20.9 Å². The molecule has 0 aromatic heterocycles. The van der Waals surface area contributed by atoms with E-state index in [0.717, 1.165) is 72.3 Å². The van der Waals surface area contributed by atoms with E-state index in [1.165, 1.54) is 48.8 Å². The fourth-order valence-electron chi connectivity index (χ4n) is 12.8. The molecule has 610 valence electrons. The van der Waals surface area contributed by atoms with Crippen LogP contribution in [-0.2, 0) is 51.8 Å². The average molecular weight is 1670 g/mol. The summed E-state index contributed by atoms with van der Waals surface area (Å²) in [6.45, 7) is 11.7. The maximum absolute atomic E-state index is 13.5. The van der Waals surface area contributed by atoms with E-state index >= 15 is 0 Å². The van der Waals surface area contributed by atoms with Gasteiger partial charge < -0.3 is 68.1 Å². The normalized spacial score (nSPS) is 20.9. The number of ether oxygens (including phenoxy) is 7. The third-order valence-electron chi connectivity index (χ3n) is 18.5. The van der Waals surface area contributed by atoms with Crippen LogP contribution >= 0.6 is 10.7 Å². The number of nitrogens with zero attached hydrogens (tertiary/aromatic N) is 10. The summed E-state index contributed by atoms with van der Waals surface area (Å²) in [7, 11) is -2.84. The standard InChI is InChI=1S/C25H20F6N2O6S.2C18H15F3N4O3.C7H7ClO2S.C6H15N/c26-24(27,28)14-5-10-22-19(11-14)33(18-3-1-2-4-21(18)38-22)20-13-37-12-17(23(20)34)32-40(35,36)16-8-6-15(7-9-16)39-25(29,30)31;2*19-18(20,21)10-5-6-16-13(7-10)25(12-3-1-2-4-15(12)28-16)14-9-27-8-11(17(14)26)23-24-22;1-6-2-4-7(5-3-6)11(8,9)10;1-4-7(5-2)6-3/h1-11,17,20,23,32,34H,12-13H2;2*1-7,11,14,17,26H,8-9H2;2-5H,1H3;4-6H2,1-3H3/t17-,20+,23+;2*11-,14+,17+;;/m111../s1. The second-order valence-electron chi connectivity index (χ2n) is 25.8. The Morgan fingerprint density at radius 3 is 1.13 bits per heavy atom. The molecule has 6 aliphatic rings. The van der Waals surface area contributed by atoms with E-state index in [-0.39, 0.29) is 78.8 Å². The summed E-state index contributed by atoms with van der Waals surface area (Å²) >= 11 is 0. The number of hydrogen-bond acceptors (Lipinski definition) is 20. The Morgan fingerprint density at radius 1 is 0.474 bits per heavy atom. The first-order valence-corrected chi connectivity index (χ1v) is 38.5. The van der Waals surface area contributed by atoms with Crippen LogP contribution in [0.1, 0.15) is 43.0 Å². The average Bonchev–Trinajstić information content (AvgIpc) is 0.771. The molecule has 6 aliphatic heterocycles. The van der Waals surface area contributed by atoms with Crippen LogP contribution in [-0.4, -0.2) is 157 Å². The van der Waals surface area contributed by atoms with Crippen molar-refractivity contribution in [3.63, 3.8) is 0 Å². The van der Waals surface area contributed by atoms with E-state index in [1.807, 2.05) is 6.92 Å². The van der Waals surface area contributed by atoms with Gasteiger partial charge in [0.2, 0.25) is 10.0 Å². The monoisotopic (exact) mass is 1670 g/mol. The van der Waals surface area contributed by atoms with Crippen molar-refractivity contribution in [2.24, 2.45) is 10.2 Å². The number of azide groups is 2. The Bertz CT molecular complexity index is 4850. The number of nitrogens with one attached hydrogen (secondary N) is 1. The molecule has 0 aliphatic carbocycles. The predicted molar refractivity (Wildman–Crippen MR) is 393 cm³/mol. The summed E-state index contributed by atoms with van der Waals surface area (Å²) in [4.78, 5) is 12.1. The third-order valence-corrected chi connectivity index (χ3v) is 21.4. The zero-order valence-corrected chi connectivity index (χ0v) is 62.7. The van der Waals surface area contributed by atoms with Gasteiger partial charge in [-0.3, -0.25) is 0 Å². The van der Waals surface area contributed by atoms with Crippen molar-refractivity contribution in [3.05, 3.63) is 219 Å². The Morgan fingerprint density at radius 2 is 0.807 bits per heavy atom. The molecule has 8 aromatic carbocycles. The number of halogens is 13. The SMILES string of the molecule is CCN(CC)CC.Cc1ccc(S(=O)(=O)Cl)cc1.O=S(=O)(N[C@@H]1COC[C@H](N2c3ccccc3Oc3ccc(C(F)(F)F)cc32)[C@H]1O)c1ccc(OC(F)(F)F)cc1.[N-]=[N+]=N[C@@H]1COC[C@H](N2c3ccccc3Oc3ccc(C(F)(F)F)cc32)[C@H]1O.[N-]=[N+]=N[C@@H]1COC[C@H](N2c3ccccc3Oc3ccc(C(F)(F)F)cc32)[C@H]1O. The highest BCUT2D eigenvalue weighted by molar-refractivity contribution is 8.13. The highest BCUT2D eigenvalue weighted by Crippen LogP contribution is 2.54. The molecule has 0 saturated carbocycles. The van der Waals surface area contributed by atoms with Crippen molar-refractivity contribution in [3.8, 4) is 40.2 Å². The summed E-state index contributed by atoms with van der Waals surface area (Å²) in [6.07, 6.45) is -22.5. The molecule has 114 heavy (non-hydrogen) atoms. The molecule has 9 atom stereocenters. The quantitative estimate of drug-likeness (QED) is 0.0274. The highest BCUT2D eigenvalue weighted by Gasteiger charge is 2.47. The number of rotatable bonds is 13. The van der Waals surface area contributed by atoms with Crippen molar-refractivity contribution in [1.29, 1.82) is 0 Å². The van der Waals surface area contributed by atoms with Gasteiger partial charge in [0.15, 0.2) is 34.5 Å². The Kier molecular flexibility index (Phi) is 27.5. The third kappa shape index (κ3) is 20.7. The molecule has 6 heterocycles. The number of anilines is 6.